The predicted molar refractivity (Wildman–Crippen MR) is 70.9 cm³/mol. The molecule has 1 heterocycles. The zero-order valence-corrected chi connectivity index (χ0v) is 10.5. The van der Waals surface area contributed by atoms with Gasteiger partial charge in [-0.1, -0.05) is 19.1 Å². The molecule has 2 aromatic rings. The number of H-pyrrole nitrogens is 1. The van der Waals surface area contributed by atoms with Gasteiger partial charge in [-0.05, 0) is 18.1 Å². The van der Waals surface area contributed by atoms with Gasteiger partial charge in [0.25, 0.3) is 11.5 Å². The summed E-state index contributed by atoms with van der Waals surface area (Å²) in [4.78, 5) is 30.2. The van der Waals surface area contributed by atoms with E-state index in [9.17, 15) is 9.59 Å². The van der Waals surface area contributed by atoms with Crippen LogP contribution in [0.2, 0.25) is 0 Å². The van der Waals surface area contributed by atoms with Crippen molar-refractivity contribution in [2.24, 2.45) is 5.92 Å². The van der Waals surface area contributed by atoms with Gasteiger partial charge in [-0.15, -0.1) is 0 Å². The van der Waals surface area contributed by atoms with Crippen LogP contribution in [0.5, 0.6) is 0 Å². The summed E-state index contributed by atoms with van der Waals surface area (Å²) in [5.41, 5.74) is 0.137. The standard InChI is InChI=1S/C13H15N3O3/c1-8(7-17)6-14-13(19)11-15-10-5-3-2-4-9(10)12(18)16-11/h2-5,8,17H,6-7H2,1H3,(H,14,19)(H,15,16,18). The summed E-state index contributed by atoms with van der Waals surface area (Å²) >= 11 is 0. The minimum Gasteiger partial charge on any atom is -0.396 e. The lowest BCUT2D eigenvalue weighted by Crippen LogP contribution is -2.32. The highest BCUT2D eigenvalue weighted by atomic mass is 16.3. The summed E-state index contributed by atoms with van der Waals surface area (Å²) in [5, 5.41) is 11.9. The molecule has 0 fully saturated rings. The van der Waals surface area contributed by atoms with Crippen molar-refractivity contribution < 1.29 is 9.90 Å². The first kappa shape index (κ1) is 13.2. The molecule has 6 heteroatoms. The number of aliphatic hydroxyl groups excluding tert-OH is 1. The molecule has 0 aliphatic heterocycles. The zero-order chi connectivity index (χ0) is 13.8. The lowest BCUT2D eigenvalue weighted by molar-refractivity contribution is 0.0932. The van der Waals surface area contributed by atoms with E-state index in [1.807, 2.05) is 0 Å². The Bertz CT molecular complexity index is 651. The van der Waals surface area contributed by atoms with Gasteiger partial charge in [-0.2, -0.15) is 0 Å². The van der Waals surface area contributed by atoms with Gasteiger partial charge in [-0.3, -0.25) is 9.59 Å². The number of carbonyl (C=O) groups is 1. The number of benzene rings is 1. The summed E-state index contributed by atoms with van der Waals surface area (Å²) < 4.78 is 0. The van der Waals surface area contributed by atoms with Gasteiger partial charge in [-0.25, -0.2) is 4.98 Å². The normalized spacial score (nSPS) is 12.3. The summed E-state index contributed by atoms with van der Waals surface area (Å²) in [7, 11) is 0. The average Bonchev–Trinajstić information content (AvgIpc) is 2.44. The minimum absolute atomic E-state index is 0.0120. The van der Waals surface area contributed by atoms with Crippen molar-refractivity contribution in [3.8, 4) is 0 Å². The molecule has 1 aromatic carbocycles. The molecule has 0 aliphatic rings. The number of aliphatic hydroxyl groups is 1. The molecule has 1 aromatic heterocycles. The Balaban J connectivity index is 2.25. The third kappa shape index (κ3) is 2.97. The molecule has 100 valence electrons. The molecule has 3 N–H and O–H groups in total. The van der Waals surface area contributed by atoms with Crippen LogP contribution in [0.3, 0.4) is 0 Å². The lowest BCUT2D eigenvalue weighted by Gasteiger charge is -2.09. The second-order valence-electron chi connectivity index (χ2n) is 4.43. The Labute approximate surface area is 109 Å². The monoisotopic (exact) mass is 261 g/mol. The Morgan fingerprint density at radius 3 is 2.95 bits per heavy atom. The van der Waals surface area contributed by atoms with Crippen molar-refractivity contribution in [2.75, 3.05) is 13.2 Å². The topological polar surface area (TPSA) is 95.1 Å². The number of aromatic nitrogens is 2. The fraction of sp³-hybridized carbons (Fsp3) is 0.308. The number of hydrogen-bond acceptors (Lipinski definition) is 4. The molecular weight excluding hydrogens is 246 g/mol. The van der Waals surface area contributed by atoms with Crippen LogP contribution >= 0.6 is 0 Å². The van der Waals surface area contributed by atoms with E-state index < -0.39 is 5.91 Å². The Hall–Kier alpha value is -2.21. The third-order valence-corrected chi connectivity index (χ3v) is 2.75. The van der Waals surface area contributed by atoms with Crippen molar-refractivity contribution in [1.82, 2.24) is 15.3 Å². The van der Waals surface area contributed by atoms with Gasteiger partial charge in [0.05, 0.1) is 10.9 Å². The van der Waals surface area contributed by atoms with Crippen LogP contribution in [0.25, 0.3) is 10.9 Å². The van der Waals surface area contributed by atoms with Crippen molar-refractivity contribution >= 4 is 16.8 Å². The number of carbonyl (C=O) groups excluding carboxylic acids is 1. The van der Waals surface area contributed by atoms with Crippen LogP contribution in [0, 0.1) is 5.92 Å². The van der Waals surface area contributed by atoms with Crippen LogP contribution in [0.15, 0.2) is 29.1 Å². The van der Waals surface area contributed by atoms with E-state index in [1.165, 1.54) is 0 Å². The molecule has 1 amide bonds. The SMILES string of the molecule is CC(CO)CNC(=O)c1nc2ccccc2c(=O)[nH]1. The molecule has 1 unspecified atom stereocenters. The Morgan fingerprint density at radius 1 is 1.47 bits per heavy atom. The summed E-state index contributed by atoms with van der Waals surface area (Å²) in [6.07, 6.45) is 0. The van der Waals surface area contributed by atoms with E-state index in [-0.39, 0.29) is 23.9 Å². The lowest BCUT2D eigenvalue weighted by atomic mass is 10.2. The molecule has 2 rings (SSSR count). The number of amides is 1. The fourth-order valence-electron chi connectivity index (χ4n) is 1.61. The fourth-order valence-corrected chi connectivity index (χ4v) is 1.61. The van der Waals surface area contributed by atoms with Crippen molar-refractivity contribution in [1.29, 1.82) is 0 Å². The Morgan fingerprint density at radius 2 is 2.21 bits per heavy atom. The molecular formula is C13H15N3O3. The highest BCUT2D eigenvalue weighted by Crippen LogP contribution is 2.05. The van der Waals surface area contributed by atoms with Crippen molar-refractivity contribution in [3.63, 3.8) is 0 Å². The van der Waals surface area contributed by atoms with Crippen LogP contribution in [0.1, 0.15) is 17.5 Å². The smallest absolute Gasteiger partial charge is 0.287 e. The largest absolute Gasteiger partial charge is 0.396 e. The van der Waals surface area contributed by atoms with Gasteiger partial charge < -0.3 is 15.4 Å². The molecule has 19 heavy (non-hydrogen) atoms. The van der Waals surface area contributed by atoms with E-state index >= 15 is 0 Å². The number of hydrogen-bond donors (Lipinski definition) is 3. The van der Waals surface area contributed by atoms with E-state index in [4.69, 9.17) is 5.11 Å². The number of nitrogens with zero attached hydrogens (tertiary/aromatic N) is 1. The van der Waals surface area contributed by atoms with E-state index in [1.54, 1.807) is 31.2 Å². The summed E-state index contributed by atoms with van der Waals surface area (Å²) in [5.74, 6) is -0.520. The second kappa shape index (κ2) is 5.62. The van der Waals surface area contributed by atoms with Gasteiger partial charge in [0.2, 0.25) is 0 Å². The molecule has 0 aliphatic carbocycles. The van der Waals surface area contributed by atoms with Crippen LogP contribution in [0.4, 0.5) is 0 Å². The molecule has 1 atom stereocenters. The highest BCUT2D eigenvalue weighted by Gasteiger charge is 2.11. The summed E-state index contributed by atoms with van der Waals surface area (Å²) in [6.45, 7) is 2.12. The molecule has 0 radical (unpaired) electrons. The maximum absolute atomic E-state index is 11.8. The highest BCUT2D eigenvalue weighted by molar-refractivity contribution is 5.92. The Kier molecular flexibility index (Phi) is 3.91. The first-order valence-corrected chi connectivity index (χ1v) is 6.00. The van der Waals surface area contributed by atoms with Gasteiger partial charge in [0.1, 0.15) is 0 Å². The van der Waals surface area contributed by atoms with Gasteiger partial charge in [0.15, 0.2) is 5.82 Å². The molecule has 0 saturated carbocycles. The number of rotatable bonds is 4. The van der Waals surface area contributed by atoms with Gasteiger partial charge in [0, 0.05) is 13.2 Å². The number of fused-ring (bicyclic) bond motifs is 1. The maximum Gasteiger partial charge on any atom is 0.287 e. The molecule has 0 bridgehead atoms. The molecule has 0 spiro atoms. The molecule has 0 saturated heterocycles. The van der Waals surface area contributed by atoms with Crippen LogP contribution < -0.4 is 10.9 Å². The van der Waals surface area contributed by atoms with E-state index in [0.717, 1.165) is 0 Å². The van der Waals surface area contributed by atoms with E-state index in [2.05, 4.69) is 15.3 Å². The second-order valence-corrected chi connectivity index (χ2v) is 4.43. The van der Waals surface area contributed by atoms with Gasteiger partial charge >= 0.3 is 0 Å². The maximum atomic E-state index is 11.8. The zero-order valence-electron chi connectivity index (χ0n) is 10.5. The van der Waals surface area contributed by atoms with Crippen LogP contribution in [-0.4, -0.2) is 34.1 Å². The third-order valence-electron chi connectivity index (χ3n) is 2.75. The first-order valence-electron chi connectivity index (χ1n) is 6.00. The average molecular weight is 261 g/mol. The number of aromatic amines is 1. The number of para-hydroxylation sites is 1. The number of nitrogens with one attached hydrogen (secondary N) is 2. The summed E-state index contributed by atoms with van der Waals surface area (Å²) in [6, 6.07) is 6.82. The van der Waals surface area contributed by atoms with Crippen molar-refractivity contribution in [3.05, 3.63) is 40.4 Å². The van der Waals surface area contributed by atoms with Crippen LogP contribution in [-0.2, 0) is 0 Å². The molecule has 6 nitrogen and oxygen atoms in total. The van der Waals surface area contributed by atoms with E-state index in [0.29, 0.717) is 17.4 Å². The van der Waals surface area contributed by atoms with Crippen molar-refractivity contribution in [2.45, 2.75) is 6.92 Å². The quantitative estimate of drug-likeness (QED) is 0.736. The first-order chi connectivity index (χ1) is 9.11. The minimum atomic E-state index is -0.455. The predicted octanol–water partition coefficient (Wildman–Crippen LogP) is 0.281.